The summed E-state index contributed by atoms with van der Waals surface area (Å²) in [4.78, 5) is 28.6. The molecular weight excluding hydrogens is 396 g/mol. The molecule has 150 valence electrons. The molecule has 1 atom stereocenters. The summed E-state index contributed by atoms with van der Waals surface area (Å²) in [6.07, 6.45) is 1.51. The SMILES string of the molecule is COc1cc(Cl)c(C)cc1NC(=O)[C@@H](C)OC(=O)/C=C/c1nc2ccccc2o1. The molecule has 7 nitrogen and oxygen atoms in total. The van der Waals surface area contributed by atoms with Gasteiger partial charge in [-0.2, -0.15) is 0 Å². The van der Waals surface area contributed by atoms with Gasteiger partial charge in [-0.05, 0) is 37.6 Å². The van der Waals surface area contributed by atoms with Crippen LogP contribution < -0.4 is 10.1 Å². The average Bonchev–Trinajstić information content (AvgIpc) is 3.12. The number of hydrogen-bond acceptors (Lipinski definition) is 6. The van der Waals surface area contributed by atoms with Crippen molar-refractivity contribution in [1.29, 1.82) is 0 Å². The number of hydrogen-bond donors (Lipinski definition) is 1. The van der Waals surface area contributed by atoms with Gasteiger partial charge in [-0.1, -0.05) is 23.7 Å². The van der Waals surface area contributed by atoms with Gasteiger partial charge >= 0.3 is 5.97 Å². The van der Waals surface area contributed by atoms with Gasteiger partial charge in [0.05, 0.1) is 12.8 Å². The molecule has 1 heterocycles. The maximum atomic E-state index is 12.4. The van der Waals surface area contributed by atoms with E-state index in [1.54, 1.807) is 31.2 Å². The van der Waals surface area contributed by atoms with E-state index < -0.39 is 18.0 Å². The Morgan fingerprint density at radius 2 is 2.03 bits per heavy atom. The highest BCUT2D eigenvalue weighted by Crippen LogP contribution is 2.31. The lowest BCUT2D eigenvalue weighted by molar-refractivity contribution is -0.148. The number of nitrogens with one attached hydrogen (secondary N) is 1. The standard InChI is InChI=1S/C21H19ClN2O5/c1-12-10-16(18(27-3)11-14(12)22)24-21(26)13(2)28-20(25)9-8-19-23-15-6-4-5-7-17(15)29-19/h4-11,13H,1-3H3,(H,24,26)/b9-8+/t13-/m1/s1. The number of carbonyl (C=O) groups is 2. The minimum absolute atomic E-state index is 0.265. The molecule has 29 heavy (non-hydrogen) atoms. The van der Waals surface area contributed by atoms with Gasteiger partial charge in [0.2, 0.25) is 5.89 Å². The summed E-state index contributed by atoms with van der Waals surface area (Å²) in [5, 5.41) is 3.19. The van der Waals surface area contributed by atoms with E-state index in [2.05, 4.69) is 10.3 Å². The second-order valence-electron chi connectivity index (χ2n) is 6.22. The first-order valence-electron chi connectivity index (χ1n) is 8.76. The zero-order chi connectivity index (χ0) is 21.0. The molecule has 0 spiro atoms. The lowest BCUT2D eigenvalue weighted by Crippen LogP contribution is -2.29. The lowest BCUT2D eigenvalue weighted by atomic mass is 10.2. The fraction of sp³-hybridized carbons (Fsp3) is 0.190. The number of ether oxygens (including phenoxy) is 2. The first-order chi connectivity index (χ1) is 13.9. The van der Waals surface area contributed by atoms with Crippen LogP contribution >= 0.6 is 11.6 Å². The number of halogens is 1. The molecule has 2 aromatic carbocycles. The van der Waals surface area contributed by atoms with Gasteiger partial charge in [-0.15, -0.1) is 0 Å². The van der Waals surface area contributed by atoms with Crippen LogP contribution in [0.25, 0.3) is 17.2 Å². The smallest absolute Gasteiger partial charge is 0.331 e. The largest absolute Gasteiger partial charge is 0.495 e. The van der Waals surface area contributed by atoms with Crippen molar-refractivity contribution < 1.29 is 23.5 Å². The van der Waals surface area contributed by atoms with Gasteiger partial charge < -0.3 is 19.2 Å². The summed E-state index contributed by atoms with van der Waals surface area (Å²) in [5.74, 6) is -0.534. The van der Waals surface area contributed by atoms with Gasteiger partial charge in [0.15, 0.2) is 11.7 Å². The maximum Gasteiger partial charge on any atom is 0.331 e. The van der Waals surface area contributed by atoms with Crippen LogP contribution in [0, 0.1) is 6.92 Å². The Hall–Kier alpha value is -3.32. The molecule has 0 saturated carbocycles. The number of aryl methyl sites for hydroxylation is 1. The number of esters is 1. The fourth-order valence-corrected chi connectivity index (χ4v) is 2.69. The number of benzene rings is 2. The highest BCUT2D eigenvalue weighted by Gasteiger charge is 2.19. The number of amides is 1. The summed E-state index contributed by atoms with van der Waals surface area (Å²) in [6.45, 7) is 3.27. The predicted molar refractivity (Wildman–Crippen MR) is 110 cm³/mol. The third-order valence-electron chi connectivity index (χ3n) is 4.07. The quantitative estimate of drug-likeness (QED) is 0.475. The topological polar surface area (TPSA) is 90.7 Å². The first-order valence-corrected chi connectivity index (χ1v) is 9.14. The van der Waals surface area contributed by atoms with E-state index in [0.717, 1.165) is 11.6 Å². The van der Waals surface area contributed by atoms with Crippen LogP contribution in [0.2, 0.25) is 5.02 Å². The van der Waals surface area contributed by atoms with Crippen LogP contribution in [0.3, 0.4) is 0 Å². The summed E-state index contributed by atoms with van der Waals surface area (Å²) >= 11 is 6.06. The molecule has 1 amide bonds. The second-order valence-corrected chi connectivity index (χ2v) is 6.63. The number of anilines is 1. The van der Waals surface area contributed by atoms with Crippen LogP contribution in [0.4, 0.5) is 5.69 Å². The highest BCUT2D eigenvalue weighted by atomic mass is 35.5. The van der Waals surface area contributed by atoms with Crippen molar-refractivity contribution in [2.24, 2.45) is 0 Å². The van der Waals surface area contributed by atoms with Gasteiger partial charge in [-0.25, -0.2) is 9.78 Å². The molecule has 3 rings (SSSR count). The summed E-state index contributed by atoms with van der Waals surface area (Å²) in [6, 6.07) is 10.5. The number of methoxy groups -OCH3 is 1. The Labute approximate surface area is 172 Å². The molecule has 0 bridgehead atoms. The van der Waals surface area contributed by atoms with Crippen molar-refractivity contribution in [1.82, 2.24) is 4.98 Å². The number of aromatic nitrogens is 1. The average molecular weight is 415 g/mol. The van der Waals surface area contributed by atoms with Crippen molar-refractivity contribution in [3.8, 4) is 5.75 Å². The number of oxazole rings is 1. The Kier molecular flexibility index (Phi) is 6.19. The molecule has 1 N–H and O–H groups in total. The van der Waals surface area contributed by atoms with Crippen LogP contribution in [0.5, 0.6) is 5.75 Å². The number of carbonyl (C=O) groups excluding carboxylic acids is 2. The third kappa shape index (κ3) is 4.94. The van der Waals surface area contributed by atoms with Crippen LogP contribution in [0.1, 0.15) is 18.4 Å². The van der Waals surface area contributed by atoms with Crippen molar-refractivity contribution in [3.05, 3.63) is 59.0 Å². The monoisotopic (exact) mass is 414 g/mol. The van der Waals surface area contributed by atoms with Crippen LogP contribution in [-0.4, -0.2) is 30.1 Å². The zero-order valence-corrected chi connectivity index (χ0v) is 16.8. The number of rotatable bonds is 6. The molecule has 3 aromatic rings. The summed E-state index contributed by atoms with van der Waals surface area (Å²) in [7, 11) is 1.47. The maximum absolute atomic E-state index is 12.4. The molecule has 8 heteroatoms. The van der Waals surface area contributed by atoms with E-state index in [4.69, 9.17) is 25.5 Å². The Bertz CT molecular complexity index is 1060. The predicted octanol–water partition coefficient (Wildman–Crippen LogP) is 4.38. The Morgan fingerprint density at radius 1 is 1.28 bits per heavy atom. The van der Waals surface area contributed by atoms with Gasteiger partial charge in [0, 0.05) is 23.2 Å². The molecular formula is C21H19ClN2O5. The molecule has 0 aliphatic carbocycles. The van der Waals surface area contributed by atoms with Gasteiger partial charge in [-0.3, -0.25) is 4.79 Å². The third-order valence-corrected chi connectivity index (χ3v) is 4.48. The van der Waals surface area contributed by atoms with Crippen molar-refractivity contribution in [3.63, 3.8) is 0 Å². The lowest BCUT2D eigenvalue weighted by Gasteiger charge is -2.15. The summed E-state index contributed by atoms with van der Waals surface area (Å²) in [5.41, 5.74) is 2.50. The normalized spacial score (nSPS) is 12.1. The van der Waals surface area contributed by atoms with Gasteiger partial charge in [0.1, 0.15) is 11.3 Å². The molecule has 0 unspecified atom stereocenters. The van der Waals surface area contributed by atoms with E-state index in [0.29, 0.717) is 27.6 Å². The van der Waals surface area contributed by atoms with Crippen molar-refractivity contribution in [2.75, 3.05) is 12.4 Å². The molecule has 0 radical (unpaired) electrons. The molecule has 0 saturated heterocycles. The minimum Gasteiger partial charge on any atom is -0.495 e. The first kappa shape index (κ1) is 20.4. The van der Waals surface area contributed by atoms with E-state index in [1.165, 1.54) is 20.1 Å². The highest BCUT2D eigenvalue weighted by molar-refractivity contribution is 6.31. The number of fused-ring (bicyclic) bond motifs is 1. The van der Waals surface area contributed by atoms with Crippen LogP contribution in [-0.2, 0) is 14.3 Å². The Balaban J connectivity index is 1.61. The van der Waals surface area contributed by atoms with E-state index >= 15 is 0 Å². The van der Waals surface area contributed by atoms with Crippen molar-refractivity contribution >= 4 is 46.3 Å². The second kappa shape index (κ2) is 8.79. The number of para-hydroxylation sites is 2. The van der Waals surface area contributed by atoms with Crippen molar-refractivity contribution in [2.45, 2.75) is 20.0 Å². The van der Waals surface area contributed by atoms with E-state index in [1.807, 2.05) is 12.1 Å². The van der Waals surface area contributed by atoms with Crippen LogP contribution in [0.15, 0.2) is 46.9 Å². The fourth-order valence-electron chi connectivity index (χ4n) is 2.53. The molecule has 1 aromatic heterocycles. The summed E-state index contributed by atoms with van der Waals surface area (Å²) < 4.78 is 15.8. The molecule has 0 aliphatic heterocycles. The Morgan fingerprint density at radius 3 is 2.76 bits per heavy atom. The molecule has 0 aliphatic rings. The molecule has 0 fully saturated rings. The zero-order valence-electron chi connectivity index (χ0n) is 16.1. The van der Waals surface area contributed by atoms with Gasteiger partial charge in [0.25, 0.3) is 5.91 Å². The van der Waals surface area contributed by atoms with E-state index in [9.17, 15) is 9.59 Å². The number of nitrogens with zero attached hydrogens (tertiary/aromatic N) is 1. The minimum atomic E-state index is -1.03. The van der Waals surface area contributed by atoms with E-state index in [-0.39, 0.29) is 5.89 Å².